The van der Waals surface area contributed by atoms with Gasteiger partial charge in [0, 0.05) is 6.20 Å². The van der Waals surface area contributed by atoms with Gasteiger partial charge in [0.05, 0.1) is 9.92 Å². The van der Waals surface area contributed by atoms with Crippen molar-refractivity contribution in [3.63, 3.8) is 0 Å². The van der Waals surface area contributed by atoms with E-state index in [1.165, 1.54) is 12.3 Å². The molecule has 0 N–H and O–H groups in total. The fourth-order valence-corrected chi connectivity index (χ4v) is 1.45. The van der Waals surface area contributed by atoms with Gasteiger partial charge in [-0.05, 0) is 17.1 Å². The van der Waals surface area contributed by atoms with E-state index in [-0.39, 0.29) is 44.6 Å². The molecule has 0 aliphatic heterocycles. The third-order valence-corrected chi connectivity index (χ3v) is 2.24. The van der Waals surface area contributed by atoms with Gasteiger partial charge in [0.15, 0.2) is 0 Å². The summed E-state index contributed by atoms with van der Waals surface area (Å²) >= 11 is 8.52. The molecule has 12 heavy (non-hydrogen) atoms. The Morgan fingerprint density at radius 2 is 2.08 bits per heavy atom. The minimum absolute atomic E-state index is 0. The molecule has 60 valence electrons. The van der Waals surface area contributed by atoms with Gasteiger partial charge in [0.2, 0.25) is 0 Å². The van der Waals surface area contributed by atoms with Gasteiger partial charge in [-0.1, -0.05) is 23.2 Å². The van der Waals surface area contributed by atoms with Crippen LogP contribution >= 0.6 is 23.2 Å². The molecule has 3 nitrogen and oxygen atoms in total. The van der Waals surface area contributed by atoms with Crippen LogP contribution in [-0.4, -0.2) is 13.7 Å². The fraction of sp³-hybridized carbons (Fsp3) is 0. The summed E-state index contributed by atoms with van der Waals surface area (Å²) in [7, 11) is 0. The molecule has 0 amide bonds. The molecule has 0 bridgehead atoms. The molecule has 1 heterocycles. The summed E-state index contributed by atoms with van der Waals surface area (Å²) in [6.45, 7) is 0. The van der Waals surface area contributed by atoms with Crippen LogP contribution in [0.4, 0.5) is 0 Å². The molecule has 1 atom stereocenters. The van der Waals surface area contributed by atoms with E-state index in [1.807, 2.05) is 0 Å². The summed E-state index contributed by atoms with van der Waals surface area (Å²) in [6, 6.07) is 1.24. The molecule has 0 spiro atoms. The van der Waals surface area contributed by atoms with Crippen molar-refractivity contribution in [2.75, 3.05) is 0 Å². The Balaban J connectivity index is 0.00000121. The zero-order chi connectivity index (χ0) is 8.43. The van der Waals surface area contributed by atoms with Crippen molar-refractivity contribution >= 4 is 34.3 Å². The van der Waals surface area contributed by atoms with E-state index in [9.17, 15) is 8.76 Å². The number of halogens is 2. The fourth-order valence-electron chi connectivity index (χ4n) is 0.521. The third-order valence-electron chi connectivity index (χ3n) is 0.953. The molecule has 1 unspecified atom stereocenters. The predicted molar refractivity (Wildman–Crippen MR) is 41.4 cm³/mol. The summed E-state index contributed by atoms with van der Waals surface area (Å²) in [4.78, 5) is 3.46. The molecule has 0 saturated carbocycles. The monoisotopic (exact) mass is 233 g/mol. The van der Waals surface area contributed by atoms with Crippen LogP contribution in [0.25, 0.3) is 0 Å². The molecule has 0 saturated heterocycles. The van der Waals surface area contributed by atoms with E-state index in [1.54, 1.807) is 0 Å². The van der Waals surface area contributed by atoms with Crippen molar-refractivity contribution in [2.24, 2.45) is 0 Å². The minimum atomic E-state index is -2.38. The second-order valence-electron chi connectivity index (χ2n) is 1.68. The van der Waals surface area contributed by atoms with Crippen molar-refractivity contribution in [3.05, 3.63) is 22.4 Å². The first-order valence-electron chi connectivity index (χ1n) is 2.51. The van der Waals surface area contributed by atoms with Crippen LogP contribution in [0, 0.1) is 0 Å². The van der Waals surface area contributed by atoms with E-state index in [2.05, 4.69) is 4.98 Å². The van der Waals surface area contributed by atoms with Gasteiger partial charge >= 0.3 is 29.6 Å². The molecule has 7 heteroatoms. The Morgan fingerprint density at radius 1 is 1.50 bits per heavy atom. The van der Waals surface area contributed by atoms with Gasteiger partial charge in [0.1, 0.15) is 5.15 Å². The molecule has 0 aromatic carbocycles. The Hall–Kier alpha value is 0.840. The van der Waals surface area contributed by atoms with Crippen molar-refractivity contribution in [3.8, 4) is 0 Å². The standard InChI is InChI=1S/C5H3Cl2NO2S.Na/c6-3-1-4(11(9)10)5(7)8-2-3;/h1-2H,(H,9,10);/q;+1/p-1. The van der Waals surface area contributed by atoms with Crippen molar-refractivity contribution in [1.29, 1.82) is 0 Å². The molecular formula is C5H2Cl2NNaO2S. The minimum Gasteiger partial charge on any atom is -0.768 e. The smallest absolute Gasteiger partial charge is 0.768 e. The van der Waals surface area contributed by atoms with E-state index >= 15 is 0 Å². The number of hydrogen-bond acceptors (Lipinski definition) is 3. The van der Waals surface area contributed by atoms with Crippen LogP contribution in [0.5, 0.6) is 0 Å². The Morgan fingerprint density at radius 3 is 2.50 bits per heavy atom. The zero-order valence-corrected chi connectivity index (χ0v) is 10.4. The largest absolute Gasteiger partial charge is 1.00 e. The summed E-state index contributed by atoms with van der Waals surface area (Å²) in [5, 5.41) is 0.177. The van der Waals surface area contributed by atoms with Gasteiger partial charge in [0.25, 0.3) is 0 Å². The third kappa shape index (κ3) is 3.30. The first-order valence-corrected chi connectivity index (χ1v) is 4.34. The van der Waals surface area contributed by atoms with Gasteiger partial charge in [-0.15, -0.1) is 0 Å². The SMILES string of the molecule is O=S([O-])c1cc(Cl)cnc1Cl.[Na+]. The average molecular weight is 234 g/mol. The van der Waals surface area contributed by atoms with Crippen molar-refractivity contribution < 1.29 is 38.3 Å². The quantitative estimate of drug-likeness (QED) is 0.342. The second-order valence-corrected chi connectivity index (χ2v) is 3.38. The summed E-state index contributed by atoms with van der Waals surface area (Å²) in [6.07, 6.45) is 1.28. The maximum Gasteiger partial charge on any atom is 1.00 e. The van der Waals surface area contributed by atoms with Gasteiger partial charge in [-0.3, -0.25) is 4.21 Å². The van der Waals surface area contributed by atoms with Crippen LogP contribution in [0.15, 0.2) is 17.2 Å². The van der Waals surface area contributed by atoms with Gasteiger partial charge in [-0.2, -0.15) is 0 Å². The van der Waals surface area contributed by atoms with Crippen molar-refractivity contribution in [2.45, 2.75) is 4.90 Å². The Bertz CT molecular complexity index is 309. The van der Waals surface area contributed by atoms with E-state index in [0.29, 0.717) is 0 Å². The molecule has 1 aromatic heterocycles. The molecule has 1 rings (SSSR count). The number of nitrogens with zero attached hydrogens (tertiary/aromatic N) is 1. The average Bonchev–Trinajstić information content (AvgIpc) is 1.94. The molecule has 0 aliphatic carbocycles. The number of aromatic nitrogens is 1. The first kappa shape index (κ1) is 12.8. The van der Waals surface area contributed by atoms with Crippen molar-refractivity contribution in [1.82, 2.24) is 4.98 Å². The number of hydrogen-bond donors (Lipinski definition) is 0. The van der Waals surface area contributed by atoms with E-state index in [4.69, 9.17) is 23.2 Å². The molecule has 0 aliphatic rings. The molecule has 1 aromatic rings. The van der Waals surface area contributed by atoms with Crippen LogP contribution in [0.1, 0.15) is 0 Å². The topological polar surface area (TPSA) is 53.0 Å². The first-order chi connectivity index (χ1) is 5.11. The van der Waals surface area contributed by atoms with E-state index < -0.39 is 11.1 Å². The normalized spacial score (nSPS) is 11.9. The maximum absolute atomic E-state index is 10.4. The van der Waals surface area contributed by atoms with Crippen LogP contribution < -0.4 is 29.6 Å². The zero-order valence-electron chi connectivity index (χ0n) is 6.08. The molecule has 0 radical (unpaired) electrons. The Kier molecular flexibility index (Phi) is 5.93. The van der Waals surface area contributed by atoms with Crippen LogP contribution in [0.2, 0.25) is 10.2 Å². The summed E-state index contributed by atoms with van der Waals surface area (Å²) in [5.41, 5.74) is 0. The molecule has 0 fully saturated rings. The molecular weight excluding hydrogens is 232 g/mol. The maximum atomic E-state index is 10.4. The second kappa shape index (κ2) is 5.54. The number of pyridine rings is 1. The number of rotatable bonds is 1. The summed E-state index contributed by atoms with van der Waals surface area (Å²) in [5.74, 6) is 0. The van der Waals surface area contributed by atoms with Crippen LogP contribution in [0.3, 0.4) is 0 Å². The van der Waals surface area contributed by atoms with Gasteiger partial charge in [-0.25, -0.2) is 4.98 Å². The summed E-state index contributed by atoms with van der Waals surface area (Å²) < 4.78 is 20.8. The van der Waals surface area contributed by atoms with Crippen LogP contribution in [-0.2, 0) is 11.1 Å². The van der Waals surface area contributed by atoms with Gasteiger partial charge < -0.3 is 4.55 Å². The van der Waals surface area contributed by atoms with E-state index in [0.717, 1.165) is 0 Å². The Labute approximate surface area is 104 Å². The predicted octanol–water partition coefficient (Wildman–Crippen LogP) is -1.37.